The van der Waals surface area contributed by atoms with Gasteiger partial charge in [0, 0.05) is 0 Å². The Hall–Kier alpha value is -2.68. The lowest BCUT2D eigenvalue weighted by Gasteiger charge is -2.15. The first-order valence-corrected chi connectivity index (χ1v) is 7.86. The fraction of sp³-hybridized carbons (Fsp3) is 0.316. The summed E-state index contributed by atoms with van der Waals surface area (Å²) in [6.45, 7) is 7.67. The molecule has 0 N–H and O–H groups in total. The highest BCUT2D eigenvalue weighted by Crippen LogP contribution is 2.37. The fourth-order valence-corrected chi connectivity index (χ4v) is 1.93. The van der Waals surface area contributed by atoms with Crippen LogP contribution in [0.2, 0.25) is 0 Å². The average Bonchev–Trinajstić information content (AvgIpc) is 2.57. The summed E-state index contributed by atoms with van der Waals surface area (Å²) in [7, 11) is 0. The zero-order valence-electron chi connectivity index (χ0n) is 14.5. The van der Waals surface area contributed by atoms with Crippen molar-refractivity contribution in [3.63, 3.8) is 0 Å². The van der Waals surface area contributed by atoms with Gasteiger partial charge in [-0.15, -0.1) is 0 Å². The average molecular weight is 351 g/mol. The van der Waals surface area contributed by atoms with E-state index in [9.17, 15) is 13.2 Å². The summed E-state index contributed by atoms with van der Waals surface area (Å²) in [6, 6.07) is 11.4. The Kier molecular flexibility index (Phi) is 7.31. The highest BCUT2D eigenvalue weighted by atomic mass is 19.4. The predicted octanol–water partition coefficient (Wildman–Crippen LogP) is 6.18. The van der Waals surface area contributed by atoms with Gasteiger partial charge in [-0.2, -0.15) is 18.4 Å². The maximum Gasteiger partial charge on any atom is 0.417 e. The van der Waals surface area contributed by atoms with E-state index in [4.69, 9.17) is 14.7 Å². The van der Waals surface area contributed by atoms with Gasteiger partial charge in [-0.25, -0.2) is 0 Å². The molecule has 2 aromatic carbocycles. The second-order valence-electron chi connectivity index (χ2n) is 5.03. The van der Waals surface area contributed by atoms with E-state index in [2.05, 4.69) is 0 Å². The highest BCUT2D eigenvalue weighted by molar-refractivity contribution is 5.47. The number of para-hydroxylation sites is 2. The number of nitriles is 1. The number of nitrogens with zero attached hydrogens (tertiary/aromatic N) is 1. The molecule has 0 amide bonds. The Bertz CT molecular complexity index is 734. The number of benzene rings is 2. The van der Waals surface area contributed by atoms with Crippen LogP contribution in [0, 0.1) is 11.3 Å². The summed E-state index contributed by atoms with van der Waals surface area (Å²) in [6.07, 6.45) is -4.73. The maximum atomic E-state index is 13.0. The zero-order valence-corrected chi connectivity index (χ0v) is 14.5. The highest BCUT2D eigenvalue weighted by Gasteiger charge is 2.34. The van der Waals surface area contributed by atoms with E-state index < -0.39 is 17.3 Å². The molecule has 0 saturated carbocycles. The lowest BCUT2D eigenvalue weighted by atomic mass is 10.1. The van der Waals surface area contributed by atoms with Gasteiger partial charge in [0.05, 0.1) is 23.3 Å². The van der Waals surface area contributed by atoms with Crippen molar-refractivity contribution in [2.45, 2.75) is 40.0 Å². The number of rotatable bonds is 4. The van der Waals surface area contributed by atoms with Gasteiger partial charge in [-0.05, 0) is 44.2 Å². The molecule has 0 saturated heterocycles. The van der Waals surface area contributed by atoms with Crippen molar-refractivity contribution >= 4 is 0 Å². The van der Waals surface area contributed by atoms with Crippen molar-refractivity contribution in [1.29, 1.82) is 5.26 Å². The van der Waals surface area contributed by atoms with Gasteiger partial charge in [0.25, 0.3) is 0 Å². The first-order chi connectivity index (χ1) is 11.8. The second kappa shape index (κ2) is 8.97. The molecule has 0 bridgehead atoms. The standard InChI is InChI=1S/C17H14F3NO2.C2H6/c1-11(2)22-15-5-3-4-6-16(15)23-13-8-7-12(10-21)14(9-13)17(18,19)20;1-2/h3-9,11H,1-2H3;1-2H3. The summed E-state index contributed by atoms with van der Waals surface area (Å²) in [5.74, 6) is 0.718. The van der Waals surface area contributed by atoms with Crippen molar-refractivity contribution in [3.8, 4) is 23.3 Å². The quantitative estimate of drug-likeness (QED) is 0.660. The molecule has 134 valence electrons. The molecule has 0 spiro atoms. The lowest BCUT2D eigenvalue weighted by Crippen LogP contribution is -2.08. The van der Waals surface area contributed by atoms with Crippen LogP contribution in [0.25, 0.3) is 0 Å². The summed E-state index contributed by atoms with van der Waals surface area (Å²) in [5, 5.41) is 8.79. The zero-order chi connectivity index (χ0) is 19.0. The Labute approximate surface area is 145 Å². The summed E-state index contributed by atoms with van der Waals surface area (Å²) in [4.78, 5) is 0. The maximum absolute atomic E-state index is 13.0. The Morgan fingerprint density at radius 2 is 1.60 bits per heavy atom. The first-order valence-electron chi connectivity index (χ1n) is 7.86. The number of hydrogen-bond acceptors (Lipinski definition) is 3. The van der Waals surface area contributed by atoms with Gasteiger partial charge in [0.15, 0.2) is 11.5 Å². The van der Waals surface area contributed by atoms with Crippen molar-refractivity contribution in [1.82, 2.24) is 0 Å². The number of ether oxygens (including phenoxy) is 2. The molecule has 0 aliphatic carbocycles. The Morgan fingerprint density at radius 3 is 2.12 bits per heavy atom. The number of alkyl halides is 3. The molecule has 3 nitrogen and oxygen atoms in total. The topological polar surface area (TPSA) is 42.2 Å². The molecule has 2 aromatic rings. The third-order valence-electron chi connectivity index (χ3n) is 2.86. The van der Waals surface area contributed by atoms with Crippen LogP contribution in [0.1, 0.15) is 38.8 Å². The first kappa shape index (κ1) is 20.4. The molecule has 25 heavy (non-hydrogen) atoms. The number of hydrogen-bond donors (Lipinski definition) is 0. The third-order valence-corrected chi connectivity index (χ3v) is 2.86. The van der Waals surface area contributed by atoms with Gasteiger partial charge in [0.1, 0.15) is 5.75 Å². The molecule has 0 radical (unpaired) electrons. The van der Waals surface area contributed by atoms with Crippen LogP contribution in [0.3, 0.4) is 0 Å². The molecule has 0 atom stereocenters. The van der Waals surface area contributed by atoms with E-state index in [1.165, 1.54) is 12.1 Å². The van der Waals surface area contributed by atoms with E-state index in [0.717, 1.165) is 12.1 Å². The van der Waals surface area contributed by atoms with Crippen LogP contribution in [0.4, 0.5) is 13.2 Å². The summed E-state index contributed by atoms with van der Waals surface area (Å²) < 4.78 is 50.0. The van der Waals surface area contributed by atoms with Crippen LogP contribution in [0.15, 0.2) is 42.5 Å². The van der Waals surface area contributed by atoms with Crippen molar-refractivity contribution < 1.29 is 22.6 Å². The largest absolute Gasteiger partial charge is 0.487 e. The molecule has 0 fully saturated rings. The van der Waals surface area contributed by atoms with Gasteiger partial charge >= 0.3 is 6.18 Å². The molecule has 6 heteroatoms. The van der Waals surface area contributed by atoms with Crippen LogP contribution < -0.4 is 9.47 Å². The van der Waals surface area contributed by atoms with E-state index in [0.29, 0.717) is 11.5 Å². The smallest absolute Gasteiger partial charge is 0.417 e. The van der Waals surface area contributed by atoms with Crippen molar-refractivity contribution in [2.75, 3.05) is 0 Å². The molecule has 0 aliphatic rings. The van der Waals surface area contributed by atoms with E-state index in [1.54, 1.807) is 24.3 Å². The van der Waals surface area contributed by atoms with Gasteiger partial charge in [-0.3, -0.25) is 0 Å². The van der Waals surface area contributed by atoms with Crippen LogP contribution in [-0.2, 0) is 6.18 Å². The van der Waals surface area contributed by atoms with Crippen LogP contribution in [0.5, 0.6) is 17.2 Å². The van der Waals surface area contributed by atoms with Crippen LogP contribution >= 0.6 is 0 Å². The van der Waals surface area contributed by atoms with Crippen LogP contribution in [-0.4, -0.2) is 6.10 Å². The van der Waals surface area contributed by atoms with E-state index >= 15 is 0 Å². The molecule has 0 heterocycles. The third kappa shape index (κ3) is 5.71. The Balaban J connectivity index is 0.00000151. The minimum absolute atomic E-state index is 0.0175. The lowest BCUT2D eigenvalue weighted by molar-refractivity contribution is -0.137. The van der Waals surface area contributed by atoms with Crippen molar-refractivity contribution in [3.05, 3.63) is 53.6 Å². The van der Waals surface area contributed by atoms with Gasteiger partial charge < -0.3 is 9.47 Å². The minimum atomic E-state index is -4.63. The summed E-state index contributed by atoms with van der Waals surface area (Å²) in [5.41, 5.74) is -1.48. The monoisotopic (exact) mass is 351 g/mol. The molecular weight excluding hydrogens is 331 g/mol. The molecule has 0 aliphatic heterocycles. The molecular formula is C19H20F3NO2. The SMILES string of the molecule is CC.CC(C)Oc1ccccc1Oc1ccc(C#N)c(C(F)(F)F)c1. The molecule has 2 rings (SSSR count). The normalized spacial score (nSPS) is 10.5. The second-order valence-corrected chi connectivity index (χ2v) is 5.03. The van der Waals surface area contributed by atoms with Gasteiger partial charge in [-0.1, -0.05) is 26.0 Å². The fourth-order valence-electron chi connectivity index (χ4n) is 1.93. The van der Waals surface area contributed by atoms with E-state index in [1.807, 2.05) is 27.7 Å². The minimum Gasteiger partial charge on any atom is -0.487 e. The number of halogens is 3. The molecule has 0 unspecified atom stereocenters. The summed E-state index contributed by atoms with van der Waals surface area (Å²) >= 11 is 0. The Morgan fingerprint density at radius 1 is 1.00 bits per heavy atom. The van der Waals surface area contributed by atoms with Gasteiger partial charge in [0.2, 0.25) is 0 Å². The molecule has 0 aromatic heterocycles. The predicted molar refractivity (Wildman–Crippen MR) is 89.8 cm³/mol. The van der Waals surface area contributed by atoms with E-state index in [-0.39, 0.29) is 11.9 Å². The van der Waals surface area contributed by atoms with Crippen molar-refractivity contribution in [2.24, 2.45) is 0 Å².